The number of aryl methyl sites for hydroxylation is 3. The van der Waals surface area contributed by atoms with E-state index in [-0.39, 0.29) is 11.9 Å². The first kappa shape index (κ1) is 26.9. The summed E-state index contributed by atoms with van der Waals surface area (Å²) in [6, 6.07) is 17.0. The molecule has 0 radical (unpaired) electrons. The quantitative estimate of drug-likeness (QED) is 0.259. The Bertz CT molecular complexity index is 1400. The van der Waals surface area contributed by atoms with Gasteiger partial charge < -0.3 is 28.8 Å². The zero-order valence-electron chi connectivity index (χ0n) is 22.8. The number of amides is 1. The number of aromatic nitrogens is 2. The molecule has 0 saturated carbocycles. The monoisotopic (exact) mass is 517 g/mol. The van der Waals surface area contributed by atoms with Crippen LogP contribution >= 0.6 is 0 Å². The highest BCUT2D eigenvalue weighted by Crippen LogP contribution is 2.38. The van der Waals surface area contributed by atoms with E-state index in [1.807, 2.05) is 37.3 Å². The molecule has 4 aromatic rings. The Morgan fingerprint density at radius 2 is 1.66 bits per heavy atom. The fourth-order valence-electron chi connectivity index (χ4n) is 4.43. The average Bonchev–Trinajstić information content (AvgIpc) is 3.30. The maximum atomic E-state index is 13.2. The van der Waals surface area contributed by atoms with Gasteiger partial charge >= 0.3 is 0 Å². The van der Waals surface area contributed by atoms with Crippen molar-refractivity contribution in [2.75, 3.05) is 27.9 Å². The highest BCUT2D eigenvalue weighted by Gasteiger charge is 2.22. The van der Waals surface area contributed by atoms with Crippen molar-refractivity contribution in [3.63, 3.8) is 0 Å². The summed E-state index contributed by atoms with van der Waals surface area (Å²) in [5, 5.41) is 3.08. The minimum atomic E-state index is -0.352. The molecule has 3 aromatic carbocycles. The molecule has 8 heteroatoms. The number of imidazole rings is 1. The molecule has 0 aliphatic carbocycles. The van der Waals surface area contributed by atoms with Crippen LogP contribution in [-0.4, -0.2) is 43.4 Å². The molecule has 1 amide bonds. The van der Waals surface area contributed by atoms with E-state index in [4.69, 9.17) is 23.9 Å². The van der Waals surface area contributed by atoms with Crippen molar-refractivity contribution in [1.82, 2.24) is 14.9 Å². The number of hydrogen-bond acceptors (Lipinski definition) is 6. The second kappa shape index (κ2) is 11.9. The number of rotatable bonds is 11. The molecule has 1 atom stereocenters. The minimum Gasteiger partial charge on any atom is -0.494 e. The van der Waals surface area contributed by atoms with Gasteiger partial charge in [-0.3, -0.25) is 4.79 Å². The Morgan fingerprint density at radius 1 is 0.947 bits per heavy atom. The van der Waals surface area contributed by atoms with Crippen molar-refractivity contribution < 1.29 is 23.7 Å². The Morgan fingerprint density at radius 3 is 2.32 bits per heavy atom. The first-order valence-corrected chi connectivity index (χ1v) is 12.6. The number of hydrogen-bond donors (Lipinski definition) is 1. The Kier molecular flexibility index (Phi) is 8.41. The van der Waals surface area contributed by atoms with Crippen molar-refractivity contribution >= 4 is 16.9 Å². The smallest absolute Gasteiger partial charge is 0.252 e. The molecule has 0 spiro atoms. The summed E-state index contributed by atoms with van der Waals surface area (Å²) in [5.41, 5.74) is 4.75. The van der Waals surface area contributed by atoms with Crippen molar-refractivity contribution in [2.24, 2.45) is 0 Å². The Hall–Kier alpha value is -4.20. The molecule has 1 unspecified atom stereocenters. The fraction of sp³-hybridized carbons (Fsp3) is 0.333. The molecular formula is C30H35N3O5. The van der Waals surface area contributed by atoms with E-state index in [9.17, 15) is 4.79 Å². The van der Waals surface area contributed by atoms with Crippen molar-refractivity contribution in [1.29, 1.82) is 0 Å². The predicted molar refractivity (Wildman–Crippen MR) is 148 cm³/mol. The van der Waals surface area contributed by atoms with Gasteiger partial charge in [-0.25, -0.2) is 4.98 Å². The van der Waals surface area contributed by atoms with Crippen LogP contribution in [0.25, 0.3) is 11.0 Å². The van der Waals surface area contributed by atoms with Crippen molar-refractivity contribution in [2.45, 2.75) is 39.8 Å². The molecule has 0 bridgehead atoms. The highest BCUT2D eigenvalue weighted by molar-refractivity contribution is 5.96. The van der Waals surface area contributed by atoms with Crippen LogP contribution in [0.15, 0.2) is 54.6 Å². The normalized spacial score (nSPS) is 11.7. The molecule has 0 fully saturated rings. The Labute approximate surface area is 223 Å². The van der Waals surface area contributed by atoms with Crippen LogP contribution in [0.5, 0.6) is 23.0 Å². The molecular weight excluding hydrogens is 482 g/mol. The summed E-state index contributed by atoms with van der Waals surface area (Å²) in [6.45, 7) is 7.37. The topological polar surface area (TPSA) is 83.8 Å². The molecule has 4 rings (SSSR count). The van der Waals surface area contributed by atoms with Crippen LogP contribution in [0.3, 0.4) is 0 Å². The molecule has 0 aliphatic heterocycles. The van der Waals surface area contributed by atoms with Crippen LogP contribution in [0.4, 0.5) is 0 Å². The summed E-state index contributed by atoms with van der Waals surface area (Å²) in [4.78, 5) is 18.1. The van der Waals surface area contributed by atoms with Gasteiger partial charge in [0.15, 0.2) is 11.5 Å². The van der Waals surface area contributed by atoms with Gasteiger partial charge in [-0.15, -0.1) is 0 Å². The van der Waals surface area contributed by atoms with E-state index in [1.165, 1.54) is 32.5 Å². The number of benzene rings is 3. The van der Waals surface area contributed by atoms with Crippen molar-refractivity contribution in [3.05, 3.63) is 77.1 Å². The molecule has 8 nitrogen and oxygen atoms in total. The summed E-state index contributed by atoms with van der Waals surface area (Å²) in [5.74, 6) is 2.65. The lowest BCUT2D eigenvalue weighted by atomic mass is 10.1. The number of carbonyl (C=O) groups excluding carboxylic acids is 1. The number of carbonyl (C=O) groups is 1. The third-order valence-electron chi connectivity index (χ3n) is 6.62. The largest absolute Gasteiger partial charge is 0.494 e. The first-order chi connectivity index (χ1) is 18.4. The number of methoxy groups -OCH3 is 3. The average molecular weight is 518 g/mol. The highest BCUT2D eigenvalue weighted by atomic mass is 16.5. The van der Waals surface area contributed by atoms with E-state index in [0.29, 0.717) is 36.0 Å². The lowest BCUT2D eigenvalue weighted by molar-refractivity contribution is 0.0936. The third-order valence-corrected chi connectivity index (χ3v) is 6.62. The molecule has 200 valence electrons. The van der Waals surface area contributed by atoms with Crippen LogP contribution in [0.2, 0.25) is 0 Å². The summed E-state index contributed by atoms with van der Waals surface area (Å²) in [6.07, 6.45) is 0.786. The van der Waals surface area contributed by atoms with E-state index < -0.39 is 0 Å². The van der Waals surface area contributed by atoms with Gasteiger partial charge in [0.1, 0.15) is 11.6 Å². The zero-order chi connectivity index (χ0) is 27.2. The van der Waals surface area contributed by atoms with Crippen LogP contribution < -0.4 is 24.3 Å². The van der Waals surface area contributed by atoms with Gasteiger partial charge in [0.25, 0.3) is 5.91 Å². The van der Waals surface area contributed by atoms with E-state index in [2.05, 4.69) is 35.9 Å². The van der Waals surface area contributed by atoms with E-state index >= 15 is 0 Å². The van der Waals surface area contributed by atoms with Gasteiger partial charge in [0.05, 0.1) is 45.0 Å². The second-order valence-electron chi connectivity index (χ2n) is 9.17. The van der Waals surface area contributed by atoms with E-state index in [0.717, 1.165) is 29.0 Å². The third kappa shape index (κ3) is 5.69. The van der Waals surface area contributed by atoms with Crippen LogP contribution in [0.1, 0.15) is 46.7 Å². The summed E-state index contributed by atoms with van der Waals surface area (Å²) >= 11 is 0. The molecule has 38 heavy (non-hydrogen) atoms. The van der Waals surface area contributed by atoms with Gasteiger partial charge in [-0.1, -0.05) is 18.2 Å². The number of nitrogens with zero attached hydrogens (tertiary/aromatic N) is 2. The zero-order valence-corrected chi connectivity index (χ0v) is 22.8. The molecule has 1 N–H and O–H groups in total. The van der Waals surface area contributed by atoms with Gasteiger partial charge in [0.2, 0.25) is 5.75 Å². The molecule has 1 heterocycles. The standard InChI is InChI=1S/C30H35N3O5/c1-19-12-13-23(16-20(19)2)38-15-9-14-33-25-11-8-7-10-24(25)32-29(33)21(3)31-30(34)22-17-26(35-4)28(37-6)27(18-22)36-5/h7-8,10-13,16-18,21H,9,14-15H2,1-6H3,(H,31,34). The summed E-state index contributed by atoms with van der Waals surface area (Å²) < 4.78 is 24.3. The lowest BCUT2D eigenvalue weighted by Gasteiger charge is -2.18. The van der Waals surface area contributed by atoms with Gasteiger partial charge in [-0.05, 0) is 74.7 Å². The molecule has 1 aromatic heterocycles. The molecule has 0 aliphatic rings. The number of ether oxygens (including phenoxy) is 4. The van der Waals surface area contributed by atoms with Gasteiger partial charge in [0, 0.05) is 12.1 Å². The molecule has 0 saturated heterocycles. The number of fused-ring (bicyclic) bond motifs is 1. The Balaban J connectivity index is 1.51. The number of nitrogens with one attached hydrogen (secondary N) is 1. The number of para-hydroxylation sites is 2. The van der Waals surface area contributed by atoms with Crippen LogP contribution in [0, 0.1) is 13.8 Å². The SMILES string of the molecule is COc1cc(C(=O)NC(C)c2nc3ccccc3n2CCCOc2ccc(C)c(C)c2)cc(OC)c1OC. The first-order valence-electron chi connectivity index (χ1n) is 12.6. The predicted octanol–water partition coefficient (Wildman–Crippen LogP) is 5.64. The fourth-order valence-corrected chi connectivity index (χ4v) is 4.43. The lowest BCUT2D eigenvalue weighted by Crippen LogP contribution is -2.29. The van der Waals surface area contributed by atoms with Gasteiger partial charge in [-0.2, -0.15) is 0 Å². The van der Waals surface area contributed by atoms with E-state index in [1.54, 1.807) is 12.1 Å². The maximum Gasteiger partial charge on any atom is 0.252 e. The maximum absolute atomic E-state index is 13.2. The van der Waals surface area contributed by atoms with Crippen molar-refractivity contribution in [3.8, 4) is 23.0 Å². The second-order valence-corrected chi connectivity index (χ2v) is 9.17. The minimum absolute atomic E-state index is 0.270. The van der Waals surface area contributed by atoms with Crippen LogP contribution in [-0.2, 0) is 6.54 Å². The summed E-state index contributed by atoms with van der Waals surface area (Å²) in [7, 11) is 4.57.